The minimum absolute atomic E-state index is 0.0370. The van der Waals surface area contributed by atoms with Gasteiger partial charge < -0.3 is 20.1 Å². The average molecular weight is 476 g/mol. The van der Waals surface area contributed by atoms with E-state index in [2.05, 4.69) is 5.32 Å². The van der Waals surface area contributed by atoms with Gasteiger partial charge in [0.25, 0.3) is 11.8 Å². The third kappa shape index (κ3) is 4.35. The molecule has 4 rings (SSSR count). The number of amides is 2. The van der Waals surface area contributed by atoms with Crippen molar-refractivity contribution in [3.05, 3.63) is 63.1 Å². The van der Waals surface area contributed by atoms with Gasteiger partial charge in [-0.2, -0.15) is 0 Å². The van der Waals surface area contributed by atoms with Gasteiger partial charge in [-0.3, -0.25) is 24.1 Å². The van der Waals surface area contributed by atoms with Gasteiger partial charge >= 0.3 is 0 Å². The van der Waals surface area contributed by atoms with E-state index in [-0.39, 0.29) is 29.5 Å². The number of piperidine rings is 1. The Morgan fingerprint density at radius 2 is 2.06 bits per heavy atom. The van der Waals surface area contributed by atoms with Crippen LogP contribution in [0.1, 0.15) is 52.1 Å². The SMILES string of the molecule is COCCCN1C(=O)c2c(O)c(=O)c(C(=O)NCc3ccc(F)cc3F)cn2N2CCCC[C@@H]12. The molecule has 1 fully saturated rings. The summed E-state index contributed by atoms with van der Waals surface area (Å²) >= 11 is 0. The van der Waals surface area contributed by atoms with Crippen LogP contribution < -0.4 is 15.8 Å². The van der Waals surface area contributed by atoms with Gasteiger partial charge in [0.05, 0.1) is 0 Å². The lowest BCUT2D eigenvalue weighted by Crippen LogP contribution is -2.63. The Morgan fingerprint density at radius 1 is 1.26 bits per heavy atom. The molecule has 3 heterocycles. The minimum atomic E-state index is -0.996. The van der Waals surface area contributed by atoms with Gasteiger partial charge in [0.1, 0.15) is 23.4 Å². The standard InChI is InChI=1S/C23H26F2N4O5/c1-34-10-4-8-27-18-5-2-3-9-28(18)29-13-16(20(30)21(31)19(29)23(27)33)22(32)26-12-14-6-7-15(24)11-17(14)25/h6-7,11,13,18,31H,2-5,8-10,12H2,1H3,(H,26,32)/t18-/m0/s1. The molecular weight excluding hydrogens is 450 g/mol. The van der Waals surface area contributed by atoms with E-state index in [1.54, 1.807) is 12.0 Å². The number of pyridine rings is 1. The Bertz CT molecular complexity index is 1170. The second kappa shape index (κ2) is 9.80. The molecule has 0 unspecified atom stereocenters. The van der Waals surface area contributed by atoms with Gasteiger partial charge in [-0.05, 0) is 31.7 Å². The zero-order valence-electron chi connectivity index (χ0n) is 18.7. The largest absolute Gasteiger partial charge is 0.502 e. The Labute approximate surface area is 194 Å². The Balaban J connectivity index is 1.65. The second-order valence-electron chi connectivity index (χ2n) is 8.32. The van der Waals surface area contributed by atoms with Gasteiger partial charge in [-0.15, -0.1) is 0 Å². The zero-order valence-corrected chi connectivity index (χ0v) is 18.7. The third-order valence-electron chi connectivity index (χ3n) is 6.15. The van der Waals surface area contributed by atoms with Crippen LogP contribution in [0.4, 0.5) is 8.78 Å². The zero-order chi connectivity index (χ0) is 24.4. The number of hydrogen-bond acceptors (Lipinski definition) is 6. The molecule has 0 bridgehead atoms. The second-order valence-corrected chi connectivity index (χ2v) is 8.32. The highest BCUT2D eigenvalue weighted by Crippen LogP contribution is 2.29. The first-order valence-corrected chi connectivity index (χ1v) is 11.1. The van der Waals surface area contributed by atoms with Crippen molar-refractivity contribution in [3.8, 4) is 5.75 Å². The fraction of sp³-hybridized carbons (Fsp3) is 0.435. The molecule has 2 aliphatic rings. The molecule has 0 radical (unpaired) electrons. The van der Waals surface area contributed by atoms with E-state index in [9.17, 15) is 28.3 Å². The van der Waals surface area contributed by atoms with E-state index in [0.29, 0.717) is 38.6 Å². The van der Waals surface area contributed by atoms with Gasteiger partial charge in [0, 0.05) is 51.2 Å². The number of methoxy groups -OCH3 is 1. The minimum Gasteiger partial charge on any atom is -0.502 e. The summed E-state index contributed by atoms with van der Waals surface area (Å²) < 4.78 is 33.5. The van der Waals surface area contributed by atoms with Crippen LogP contribution in [0.15, 0.2) is 29.2 Å². The fourth-order valence-corrected chi connectivity index (χ4v) is 4.46. The quantitative estimate of drug-likeness (QED) is 0.590. The maximum Gasteiger partial charge on any atom is 0.278 e. The summed E-state index contributed by atoms with van der Waals surface area (Å²) in [5.41, 5.74) is -1.53. The van der Waals surface area contributed by atoms with Crippen molar-refractivity contribution in [2.24, 2.45) is 0 Å². The normalized spacial score (nSPS) is 17.4. The molecule has 1 atom stereocenters. The molecule has 1 aromatic carbocycles. The molecule has 1 saturated heterocycles. The van der Waals surface area contributed by atoms with E-state index < -0.39 is 34.6 Å². The highest BCUT2D eigenvalue weighted by Gasteiger charge is 2.41. The Kier molecular flexibility index (Phi) is 6.82. The highest BCUT2D eigenvalue weighted by atomic mass is 19.1. The number of rotatable bonds is 7. The summed E-state index contributed by atoms with van der Waals surface area (Å²) in [6.45, 7) is 1.14. The van der Waals surface area contributed by atoms with Crippen LogP contribution in [0.5, 0.6) is 5.75 Å². The first kappa shape index (κ1) is 23.7. The Hall–Kier alpha value is -3.47. The molecule has 1 aromatic heterocycles. The molecule has 9 nitrogen and oxygen atoms in total. The summed E-state index contributed by atoms with van der Waals surface area (Å²) in [4.78, 5) is 40.5. The topological polar surface area (TPSA) is 104 Å². The summed E-state index contributed by atoms with van der Waals surface area (Å²) in [6.07, 6.45) is 4.02. The Morgan fingerprint density at radius 3 is 2.79 bits per heavy atom. The van der Waals surface area contributed by atoms with E-state index in [0.717, 1.165) is 18.9 Å². The molecule has 0 aliphatic carbocycles. The number of carbonyl (C=O) groups is 2. The lowest BCUT2D eigenvalue weighted by Gasteiger charge is -2.49. The van der Waals surface area contributed by atoms with Crippen LogP contribution in [-0.2, 0) is 11.3 Å². The summed E-state index contributed by atoms with van der Waals surface area (Å²) in [5.74, 6) is -3.73. The van der Waals surface area contributed by atoms with Crippen LogP contribution >= 0.6 is 0 Å². The van der Waals surface area contributed by atoms with Crippen LogP contribution in [0.25, 0.3) is 0 Å². The summed E-state index contributed by atoms with van der Waals surface area (Å²) in [7, 11) is 1.57. The number of fused-ring (bicyclic) bond motifs is 3. The van der Waals surface area contributed by atoms with Crippen LogP contribution in [0, 0.1) is 11.6 Å². The molecule has 2 amide bonds. The number of halogens is 2. The molecule has 0 spiro atoms. The maximum absolute atomic E-state index is 13.9. The first-order chi connectivity index (χ1) is 16.3. The van der Waals surface area contributed by atoms with E-state index in [1.165, 1.54) is 16.9 Å². The molecule has 2 N–H and O–H groups in total. The lowest BCUT2D eigenvalue weighted by atomic mass is 10.0. The van der Waals surface area contributed by atoms with Crippen LogP contribution in [0.2, 0.25) is 0 Å². The van der Waals surface area contributed by atoms with Gasteiger partial charge in [-0.25, -0.2) is 8.78 Å². The van der Waals surface area contributed by atoms with Crippen molar-refractivity contribution >= 4 is 11.8 Å². The van der Waals surface area contributed by atoms with Crippen molar-refractivity contribution in [1.82, 2.24) is 14.9 Å². The van der Waals surface area contributed by atoms with Crippen LogP contribution in [-0.4, -0.2) is 59.5 Å². The molecule has 34 heavy (non-hydrogen) atoms. The van der Waals surface area contributed by atoms with Crippen LogP contribution in [0.3, 0.4) is 0 Å². The predicted octanol–water partition coefficient (Wildman–Crippen LogP) is 1.70. The summed E-state index contributed by atoms with van der Waals surface area (Å²) in [5, 5.41) is 15.0. The van der Waals surface area contributed by atoms with Gasteiger partial charge in [-0.1, -0.05) is 6.07 Å². The smallest absolute Gasteiger partial charge is 0.278 e. The van der Waals surface area contributed by atoms with Crippen molar-refractivity contribution in [2.45, 2.75) is 38.4 Å². The van der Waals surface area contributed by atoms with Crippen molar-refractivity contribution in [3.63, 3.8) is 0 Å². The predicted molar refractivity (Wildman–Crippen MR) is 118 cm³/mol. The molecule has 2 aliphatic heterocycles. The molecular formula is C23H26F2N4O5. The number of ether oxygens (including phenoxy) is 1. The number of benzene rings is 1. The number of aromatic nitrogens is 1. The fourth-order valence-electron chi connectivity index (χ4n) is 4.46. The summed E-state index contributed by atoms with van der Waals surface area (Å²) in [6, 6.07) is 2.95. The molecule has 2 aromatic rings. The van der Waals surface area contributed by atoms with E-state index in [1.807, 2.05) is 5.01 Å². The number of nitrogens with zero attached hydrogens (tertiary/aromatic N) is 3. The number of nitrogens with one attached hydrogen (secondary N) is 1. The van der Waals surface area contributed by atoms with E-state index >= 15 is 0 Å². The number of carbonyl (C=O) groups excluding carboxylic acids is 2. The average Bonchev–Trinajstić information content (AvgIpc) is 2.82. The van der Waals surface area contributed by atoms with Crippen molar-refractivity contribution < 1.29 is 28.2 Å². The van der Waals surface area contributed by atoms with Crippen molar-refractivity contribution in [1.29, 1.82) is 0 Å². The van der Waals surface area contributed by atoms with Gasteiger partial charge in [0.2, 0.25) is 5.43 Å². The molecule has 0 saturated carbocycles. The van der Waals surface area contributed by atoms with Crippen molar-refractivity contribution in [2.75, 3.05) is 31.8 Å². The molecule has 182 valence electrons. The third-order valence-corrected chi connectivity index (χ3v) is 6.15. The highest BCUT2D eigenvalue weighted by molar-refractivity contribution is 5.99. The monoisotopic (exact) mass is 476 g/mol. The van der Waals surface area contributed by atoms with E-state index in [4.69, 9.17) is 4.74 Å². The first-order valence-electron chi connectivity index (χ1n) is 11.1. The molecule has 11 heteroatoms. The van der Waals surface area contributed by atoms with Gasteiger partial charge in [0.15, 0.2) is 11.4 Å². The number of hydrogen-bond donors (Lipinski definition) is 2. The lowest BCUT2D eigenvalue weighted by molar-refractivity contribution is 0.0491. The number of aromatic hydroxyl groups is 1. The maximum atomic E-state index is 13.9.